The first-order valence-electron chi connectivity index (χ1n) is 6.03. The number of aromatic nitrogens is 2. The molecule has 0 atom stereocenters. The summed E-state index contributed by atoms with van der Waals surface area (Å²) in [7, 11) is 0. The smallest absolute Gasteiger partial charge is 0.135 e. The van der Waals surface area contributed by atoms with Crippen molar-refractivity contribution in [1.29, 1.82) is 0 Å². The SMILES string of the molecule is Cc1ccc(Cc2nc(C)c(C)c(Cl)n2)cc1C. The molecule has 2 nitrogen and oxygen atoms in total. The zero-order valence-corrected chi connectivity index (χ0v) is 12.0. The van der Waals surface area contributed by atoms with Crippen molar-refractivity contribution < 1.29 is 0 Å². The minimum absolute atomic E-state index is 0.557. The lowest BCUT2D eigenvalue weighted by Gasteiger charge is -2.07. The lowest BCUT2D eigenvalue weighted by Crippen LogP contribution is -2.02. The Morgan fingerprint density at radius 2 is 1.72 bits per heavy atom. The molecule has 0 fully saturated rings. The fourth-order valence-electron chi connectivity index (χ4n) is 1.82. The first-order valence-corrected chi connectivity index (χ1v) is 6.41. The third-order valence-corrected chi connectivity index (χ3v) is 3.68. The van der Waals surface area contributed by atoms with Crippen LogP contribution < -0.4 is 0 Å². The second kappa shape index (κ2) is 5.07. The summed E-state index contributed by atoms with van der Waals surface area (Å²) in [5.74, 6) is 0.784. The van der Waals surface area contributed by atoms with Crippen LogP contribution >= 0.6 is 11.6 Å². The van der Waals surface area contributed by atoms with E-state index in [4.69, 9.17) is 11.6 Å². The summed E-state index contributed by atoms with van der Waals surface area (Å²) in [6, 6.07) is 6.43. The molecule has 1 heterocycles. The minimum Gasteiger partial charge on any atom is -0.238 e. The second-order valence-corrected chi connectivity index (χ2v) is 5.09. The Hall–Kier alpha value is -1.41. The normalized spacial score (nSPS) is 10.7. The van der Waals surface area contributed by atoms with E-state index in [0.717, 1.165) is 23.5 Å². The average Bonchev–Trinajstić information content (AvgIpc) is 2.31. The Morgan fingerprint density at radius 3 is 2.33 bits per heavy atom. The van der Waals surface area contributed by atoms with Crippen molar-refractivity contribution in [2.75, 3.05) is 0 Å². The van der Waals surface area contributed by atoms with E-state index in [-0.39, 0.29) is 0 Å². The van der Waals surface area contributed by atoms with Gasteiger partial charge in [-0.05, 0) is 44.4 Å². The maximum absolute atomic E-state index is 6.09. The van der Waals surface area contributed by atoms with E-state index in [1.165, 1.54) is 16.7 Å². The second-order valence-electron chi connectivity index (χ2n) is 4.74. The molecule has 0 unspecified atom stereocenters. The van der Waals surface area contributed by atoms with E-state index >= 15 is 0 Å². The lowest BCUT2D eigenvalue weighted by molar-refractivity contribution is 0.925. The monoisotopic (exact) mass is 260 g/mol. The van der Waals surface area contributed by atoms with E-state index in [9.17, 15) is 0 Å². The van der Waals surface area contributed by atoms with Crippen molar-refractivity contribution in [2.24, 2.45) is 0 Å². The molecule has 2 aromatic rings. The van der Waals surface area contributed by atoms with Crippen LogP contribution in [0.25, 0.3) is 0 Å². The molecule has 94 valence electrons. The molecule has 0 aliphatic rings. The average molecular weight is 261 g/mol. The molecule has 0 saturated heterocycles. The van der Waals surface area contributed by atoms with Gasteiger partial charge in [-0.2, -0.15) is 0 Å². The number of nitrogens with zero attached hydrogens (tertiary/aromatic N) is 2. The number of hydrogen-bond donors (Lipinski definition) is 0. The van der Waals surface area contributed by atoms with Gasteiger partial charge in [-0.25, -0.2) is 9.97 Å². The van der Waals surface area contributed by atoms with Crippen LogP contribution in [-0.2, 0) is 6.42 Å². The van der Waals surface area contributed by atoms with E-state index in [1.807, 2.05) is 13.8 Å². The first-order chi connectivity index (χ1) is 8.47. The highest BCUT2D eigenvalue weighted by Crippen LogP contribution is 2.17. The van der Waals surface area contributed by atoms with Crippen molar-refractivity contribution in [3.05, 3.63) is 57.1 Å². The largest absolute Gasteiger partial charge is 0.238 e. The molecule has 0 aliphatic heterocycles. The van der Waals surface area contributed by atoms with Crippen LogP contribution in [0, 0.1) is 27.7 Å². The van der Waals surface area contributed by atoms with Crippen LogP contribution in [0.15, 0.2) is 18.2 Å². The minimum atomic E-state index is 0.557. The lowest BCUT2D eigenvalue weighted by atomic mass is 10.0. The van der Waals surface area contributed by atoms with Gasteiger partial charge in [0.2, 0.25) is 0 Å². The van der Waals surface area contributed by atoms with Crippen LogP contribution in [0.4, 0.5) is 0 Å². The topological polar surface area (TPSA) is 25.8 Å². The number of aryl methyl sites for hydroxylation is 3. The maximum Gasteiger partial charge on any atom is 0.135 e. The Bertz CT molecular complexity index is 568. The Labute approximate surface area is 113 Å². The molecule has 1 aromatic carbocycles. The Morgan fingerprint density at radius 1 is 1.00 bits per heavy atom. The van der Waals surface area contributed by atoms with Gasteiger partial charge >= 0.3 is 0 Å². The van der Waals surface area contributed by atoms with Gasteiger partial charge in [0.05, 0.1) is 0 Å². The van der Waals surface area contributed by atoms with Crippen molar-refractivity contribution >= 4 is 11.6 Å². The van der Waals surface area contributed by atoms with Crippen molar-refractivity contribution in [1.82, 2.24) is 9.97 Å². The van der Waals surface area contributed by atoms with Crippen LogP contribution in [0.2, 0.25) is 5.15 Å². The fourth-order valence-corrected chi connectivity index (χ4v) is 2.06. The molecule has 0 N–H and O–H groups in total. The summed E-state index contributed by atoms with van der Waals surface area (Å²) in [5, 5.41) is 0.557. The van der Waals surface area contributed by atoms with Crippen LogP contribution in [0.5, 0.6) is 0 Å². The summed E-state index contributed by atoms with van der Waals surface area (Å²) in [5.41, 5.74) is 5.73. The van der Waals surface area contributed by atoms with Gasteiger partial charge in [-0.15, -0.1) is 0 Å². The highest BCUT2D eigenvalue weighted by molar-refractivity contribution is 6.30. The Balaban J connectivity index is 2.31. The third-order valence-electron chi connectivity index (χ3n) is 3.31. The first kappa shape index (κ1) is 13.0. The Kier molecular flexibility index (Phi) is 3.67. The number of rotatable bonds is 2. The van der Waals surface area contributed by atoms with Gasteiger partial charge in [0.25, 0.3) is 0 Å². The predicted molar refractivity (Wildman–Crippen MR) is 75.2 cm³/mol. The predicted octanol–water partition coefficient (Wildman–Crippen LogP) is 3.95. The van der Waals surface area contributed by atoms with Crippen molar-refractivity contribution in [2.45, 2.75) is 34.1 Å². The maximum atomic E-state index is 6.09. The van der Waals surface area contributed by atoms with Crippen molar-refractivity contribution in [3.8, 4) is 0 Å². The molecular formula is C15H17ClN2. The summed E-state index contributed by atoms with van der Waals surface area (Å²) in [6.07, 6.45) is 0.724. The zero-order valence-electron chi connectivity index (χ0n) is 11.2. The molecule has 3 heteroatoms. The van der Waals surface area contributed by atoms with E-state index in [2.05, 4.69) is 42.0 Å². The molecule has 0 bridgehead atoms. The van der Waals surface area contributed by atoms with E-state index in [1.54, 1.807) is 0 Å². The quantitative estimate of drug-likeness (QED) is 0.764. The van der Waals surface area contributed by atoms with Crippen LogP contribution in [0.3, 0.4) is 0 Å². The van der Waals surface area contributed by atoms with Gasteiger partial charge in [-0.1, -0.05) is 29.8 Å². The molecule has 18 heavy (non-hydrogen) atoms. The molecular weight excluding hydrogens is 244 g/mol. The van der Waals surface area contributed by atoms with Crippen LogP contribution in [0.1, 0.15) is 33.8 Å². The molecule has 1 aromatic heterocycles. The molecule has 0 spiro atoms. The van der Waals surface area contributed by atoms with Gasteiger partial charge in [0.15, 0.2) is 0 Å². The summed E-state index contributed by atoms with van der Waals surface area (Å²) >= 11 is 6.09. The van der Waals surface area contributed by atoms with Gasteiger partial charge in [0, 0.05) is 17.7 Å². The standard InChI is InChI=1S/C15H17ClN2/c1-9-5-6-13(7-10(9)2)8-14-17-12(4)11(3)15(16)18-14/h5-7H,8H2,1-4H3. The molecule has 0 saturated carbocycles. The summed E-state index contributed by atoms with van der Waals surface area (Å²) in [4.78, 5) is 8.82. The highest BCUT2D eigenvalue weighted by Gasteiger charge is 2.07. The van der Waals surface area contributed by atoms with Gasteiger partial charge < -0.3 is 0 Å². The third kappa shape index (κ3) is 2.70. The fraction of sp³-hybridized carbons (Fsp3) is 0.333. The molecule has 2 rings (SSSR count). The van der Waals surface area contributed by atoms with E-state index in [0.29, 0.717) is 5.15 Å². The van der Waals surface area contributed by atoms with Crippen LogP contribution in [-0.4, -0.2) is 9.97 Å². The van der Waals surface area contributed by atoms with Crippen molar-refractivity contribution in [3.63, 3.8) is 0 Å². The zero-order chi connectivity index (χ0) is 13.3. The number of benzene rings is 1. The van der Waals surface area contributed by atoms with Gasteiger partial charge in [-0.3, -0.25) is 0 Å². The number of halogens is 1. The molecule has 0 aliphatic carbocycles. The van der Waals surface area contributed by atoms with E-state index < -0.39 is 0 Å². The number of hydrogen-bond acceptors (Lipinski definition) is 2. The molecule has 0 amide bonds. The highest BCUT2D eigenvalue weighted by atomic mass is 35.5. The summed E-state index contributed by atoms with van der Waals surface area (Å²) in [6.45, 7) is 8.14. The molecule has 0 radical (unpaired) electrons. The summed E-state index contributed by atoms with van der Waals surface area (Å²) < 4.78 is 0. The van der Waals surface area contributed by atoms with Gasteiger partial charge in [0.1, 0.15) is 11.0 Å².